The molecule has 29 heavy (non-hydrogen) atoms. The molecule has 2 aromatic rings. The van der Waals surface area contributed by atoms with Gasteiger partial charge in [-0.1, -0.05) is 12.1 Å². The Morgan fingerprint density at radius 2 is 1.90 bits per heavy atom. The summed E-state index contributed by atoms with van der Waals surface area (Å²) in [6, 6.07) is 12.2. The Labute approximate surface area is 170 Å². The van der Waals surface area contributed by atoms with E-state index in [-0.39, 0.29) is 24.3 Å². The summed E-state index contributed by atoms with van der Waals surface area (Å²) < 4.78 is 49.9. The SMILES string of the molecule is COc1cccc([C@@H](CNS(=O)(=O)c2ccc3c(c2)OCO3)N2CCOCC2)c1. The second kappa shape index (κ2) is 8.58. The molecular formula is C20H24N2O6S. The minimum absolute atomic E-state index is 0.0984. The molecule has 0 radical (unpaired) electrons. The highest BCUT2D eigenvalue weighted by molar-refractivity contribution is 7.89. The Kier molecular flexibility index (Phi) is 5.91. The highest BCUT2D eigenvalue weighted by Crippen LogP contribution is 2.34. The first-order valence-electron chi connectivity index (χ1n) is 9.42. The molecule has 2 aromatic carbocycles. The van der Waals surface area contributed by atoms with Crippen molar-refractivity contribution in [3.8, 4) is 17.2 Å². The monoisotopic (exact) mass is 420 g/mol. The summed E-state index contributed by atoms with van der Waals surface area (Å²) in [5.74, 6) is 1.72. The minimum atomic E-state index is -3.71. The zero-order valence-corrected chi connectivity index (χ0v) is 17.0. The fourth-order valence-corrected chi connectivity index (χ4v) is 4.57. The molecule has 1 fully saturated rings. The van der Waals surface area contributed by atoms with E-state index in [0.717, 1.165) is 24.4 Å². The van der Waals surface area contributed by atoms with Crippen molar-refractivity contribution in [1.82, 2.24) is 9.62 Å². The molecule has 1 atom stereocenters. The van der Waals surface area contributed by atoms with Crippen molar-refractivity contribution in [2.45, 2.75) is 10.9 Å². The van der Waals surface area contributed by atoms with Crippen molar-refractivity contribution in [1.29, 1.82) is 0 Å². The standard InChI is InChI=1S/C20H24N2O6S/c1-25-16-4-2-3-15(11-16)18(22-7-9-26-10-8-22)13-21-29(23,24)17-5-6-19-20(12-17)28-14-27-19/h2-6,11-12,18,21H,7-10,13-14H2,1H3/t18-/m1/s1. The molecule has 0 bridgehead atoms. The van der Waals surface area contributed by atoms with Crippen LogP contribution >= 0.6 is 0 Å². The number of hydrogen-bond acceptors (Lipinski definition) is 7. The molecule has 0 unspecified atom stereocenters. The van der Waals surface area contributed by atoms with Crippen LogP contribution in [0.3, 0.4) is 0 Å². The van der Waals surface area contributed by atoms with Crippen molar-refractivity contribution in [2.75, 3.05) is 46.8 Å². The van der Waals surface area contributed by atoms with Crippen molar-refractivity contribution < 1.29 is 27.4 Å². The number of benzene rings is 2. The van der Waals surface area contributed by atoms with Gasteiger partial charge in [0.1, 0.15) is 5.75 Å². The third-order valence-electron chi connectivity index (χ3n) is 5.09. The number of methoxy groups -OCH3 is 1. The van der Waals surface area contributed by atoms with Gasteiger partial charge in [-0.25, -0.2) is 13.1 Å². The lowest BCUT2D eigenvalue weighted by Crippen LogP contribution is -2.43. The third-order valence-corrected chi connectivity index (χ3v) is 6.51. The molecule has 9 heteroatoms. The van der Waals surface area contributed by atoms with Crippen LogP contribution in [0.4, 0.5) is 0 Å². The zero-order chi connectivity index (χ0) is 20.3. The number of sulfonamides is 1. The first-order valence-corrected chi connectivity index (χ1v) is 10.9. The molecule has 156 valence electrons. The molecule has 1 N–H and O–H groups in total. The summed E-state index contributed by atoms with van der Waals surface area (Å²) in [6.45, 7) is 3.02. The Balaban J connectivity index is 1.55. The fourth-order valence-electron chi connectivity index (χ4n) is 3.51. The fraction of sp³-hybridized carbons (Fsp3) is 0.400. The van der Waals surface area contributed by atoms with Gasteiger partial charge in [-0.15, -0.1) is 0 Å². The molecule has 0 aliphatic carbocycles. The number of hydrogen-bond donors (Lipinski definition) is 1. The number of morpholine rings is 1. The highest BCUT2D eigenvalue weighted by atomic mass is 32.2. The van der Waals surface area contributed by atoms with Crippen molar-refractivity contribution in [3.63, 3.8) is 0 Å². The molecule has 0 amide bonds. The van der Waals surface area contributed by atoms with Crippen LogP contribution in [-0.4, -0.2) is 60.1 Å². The first kappa shape index (κ1) is 20.0. The van der Waals surface area contributed by atoms with E-state index in [1.165, 1.54) is 12.1 Å². The van der Waals surface area contributed by atoms with E-state index in [9.17, 15) is 8.42 Å². The van der Waals surface area contributed by atoms with E-state index >= 15 is 0 Å². The molecule has 2 aliphatic heterocycles. The van der Waals surface area contributed by atoms with Gasteiger partial charge in [0.05, 0.1) is 25.2 Å². The number of rotatable bonds is 7. The van der Waals surface area contributed by atoms with Crippen LogP contribution in [0.5, 0.6) is 17.2 Å². The second-order valence-corrected chi connectivity index (χ2v) is 8.57. The Hall–Kier alpha value is -2.33. The first-order chi connectivity index (χ1) is 14.1. The van der Waals surface area contributed by atoms with Gasteiger partial charge in [-0.3, -0.25) is 4.90 Å². The number of nitrogens with zero attached hydrogens (tertiary/aromatic N) is 1. The average molecular weight is 420 g/mol. The summed E-state index contributed by atoms with van der Waals surface area (Å²) in [4.78, 5) is 2.37. The lowest BCUT2D eigenvalue weighted by molar-refractivity contribution is 0.0171. The van der Waals surface area contributed by atoms with Crippen molar-refractivity contribution >= 4 is 10.0 Å². The van der Waals surface area contributed by atoms with E-state index in [1.807, 2.05) is 24.3 Å². The molecule has 8 nitrogen and oxygen atoms in total. The van der Waals surface area contributed by atoms with Gasteiger partial charge in [0.2, 0.25) is 16.8 Å². The van der Waals surface area contributed by atoms with Gasteiger partial charge in [0.15, 0.2) is 11.5 Å². The summed E-state index contributed by atoms with van der Waals surface area (Å²) in [7, 11) is -2.10. The average Bonchev–Trinajstić information content (AvgIpc) is 3.23. The van der Waals surface area contributed by atoms with E-state index in [0.29, 0.717) is 24.7 Å². The van der Waals surface area contributed by atoms with Gasteiger partial charge in [-0.05, 0) is 29.8 Å². The Morgan fingerprint density at radius 3 is 2.69 bits per heavy atom. The smallest absolute Gasteiger partial charge is 0.240 e. The van der Waals surface area contributed by atoms with Gasteiger partial charge < -0.3 is 18.9 Å². The minimum Gasteiger partial charge on any atom is -0.497 e. The maximum atomic E-state index is 12.9. The molecule has 2 heterocycles. The van der Waals surface area contributed by atoms with Crippen molar-refractivity contribution in [2.24, 2.45) is 0 Å². The van der Waals surface area contributed by atoms with Gasteiger partial charge in [0, 0.05) is 31.7 Å². The second-order valence-electron chi connectivity index (χ2n) is 6.81. The molecule has 2 aliphatic rings. The molecule has 0 spiro atoms. The van der Waals surface area contributed by atoms with Gasteiger partial charge >= 0.3 is 0 Å². The topological polar surface area (TPSA) is 86.3 Å². The van der Waals surface area contributed by atoms with Crippen LogP contribution < -0.4 is 18.9 Å². The Bertz CT molecular complexity index is 959. The largest absolute Gasteiger partial charge is 0.497 e. The quantitative estimate of drug-likeness (QED) is 0.731. The maximum absolute atomic E-state index is 12.9. The highest BCUT2D eigenvalue weighted by Gasteiger charge is 2.26. The van der Waals surface area contributed by atoms with Crippen LogP contribution in [0.2, 0.25) is 0 Å². The van der Waals surface area contributed by atoms with E-state index < -0.39 is 10.0 Å². The number of ether oxygens (including phenoxy) is 4. The molecule has 0 aromatic heterocycles. The van der Waals surface area contributed by atoms with Crippen molar-refractivity contribution in [3.05, 3.63) is 48.0 Å². The van der Waals surface area contributed by atoms with Crippen LogP contribution in [0.1, 0.15) is 11.6 Å². The van der Waals surface area contributed by atoms with Crippen LogP contribution in [-0.2, 0) is 14.8 Å². The summed E-state index contributed by atoms with van der Waals surface area (Å²) in [5.41, 5.74) is 0.986. The van der Waals surface area contributed by atoms with Crippen LogP contribution in [0, 0.1) is 0 Å². The van der Waals surface area contributed by atoms with Gasteiger partial charge in [-0.2, -0.15) is 0 Å². The van der Waals surface area contributed by atoms with E-state index in [4.69, 9.17) is 18.9 Å². The normalized spacial score (nSPS) is 17.8. The predicted molar refractivity (Wildman–Crippen MR) is 106 cm³/mol. The maximum Gasteiger partial charge on any atom is 0.240 e. The van der Waals surface area contributed by atoms with E-state index in [2.05, 4.69) is 9.62 Å². The molecule has 0 saturated carbocycles. The zero-order valence-electron chi connectivity index (χ0n) is 16.2. The predicted octanol–water partition coefficient (Wildman–Crippen LogP) is 1.78. The molecule has 1 saturated heterocycles. The molecular weight excluding hydrogens is 396 g/mol. The summed E-state index contributed by atoms with van der Waals surface area (Å²) >= 11 is 0. The van der Waals surface area contributed by atoms with Crippen LogP contribution in [0.15, 0.2) is 47.4 Å². The Morgan fingerprint density at radius 1 is 1.10 bits per heavy atom. The summed E-state index contributed by atoms with van der Waals surface area (Å²) in [6.07, 6.45) is 0. The lowest BCUT2D eigenvalue weighted by atomic mass is 10.0. The summed E-state index contributed by atoms with van der Waals surface area (Å²) in [5, 5.41) is 0. The molecule has 4 rings (SSSR count). The third kappa shape index (κ3) is 4.48. The number of fused-ring (bicyclic) bond motifs is 1. The number of nitrogens with one attached hydrogen (secondary N) is 1. The van der Waals surface area contributed by atoms with Crippen LogP contribution in [0.25, 0.3) is 0 Å². The van der Waals surface area contributed by atoms with Gasteiger partial charge in [0.25, 0.3) is 0 Å². The lowest BCUT2D eigenvalue weighted by Gasteiger charge is -2.35. The van der Waals surface area contributed by atoms with E-state index in [1.54, 1.807) is 13.2 Å².